The van der Waals surface area contributed by atoms with Gasteiger partial charge in [-0.15, -0.1) is 0 Å². The average Bonchev–Trinajstić information content (AvgIpc) is 4.06. The molecule has 3 aromatic rings. The molecule has 6 atom stereocenters. The second-order valence-electron chi connectivity index (χ2n) is 21.1. The molecule has 4 saturated heterocycles. The number of nitrogens with zero attached hydrogens (tertiary/aromatic N) is 4. The van der Waals surface area contributed by atoms with Crippen molar-refractivity contribution >= 4 is 29.4 Å². The van der Waals surface area contributed by atoms with Gasteiger partial charge in [-0.3, -0.25) is 19.7 Å². The maximum Gasteiger partial charge on any atom is 0.325 e. The standard InChI is InChI=1S/C55H66F2N8O6/c1-32-42(56)29-45-47(54(32,3)48-41(50(58)67)19-20-44(70-5)49(48)57)33(2)55(71-45,37-10-7-6-8-11-37)31-59-38-16-13-35(14-17-38)52(68)64-24-9-12-39(64)30-63-25-21-34(22-26-63)36-15-18-40-43(28-36)62(4)61-51(40)65-27-23-46(66)60-53(65)69/h6-7,10,15,18-20,28-29,33-35,38-39,47,51,59,61H,9,12-14,16-17,21-27,30-31H2,1-5H3,(H2,58,67)(H,60,66,69)/t33-,35?,38?,39-,47?,51?,54?,55-/m0/s1. The summed E-state index contributed by atoms with van der Waals surface area (Å²) >= 11 is 0. The van der Waals surface area contributed by atoms with E-state index in [0.29, 0.717) is 24.8 Å². The van der Waals surface area contributed by atoms with Crippen molar-refractivity contribution in [1.29, 1.82) is 0 Å². The maximum atomic E-state index is 16.6. The first kappa shape index (κ1) is 48.6. The molecule has 3 unspecified atom stereocenters. The summed E-state index contributed by atoms with van der Waals surface area (Å²) in [6, 6.07) is 21.2. The van der Waals surface area contributed by atoms with Gasteiger partial charge < -0.3 is 40.2 Å². The Morgan fingerprint density at radius 3 is 2.49 bits per heavy atom. The lowest BCUT2D eigenvalue weighted by atomic mass is 9.58. The monoisotopic (exact) mass is 973 g/mol. The van der Waals surface area contributed by atoms with Crippen LogP contribution in [0.2, 0.25) is 0 Å². The number of likely N-dealkylation sites (tertiary alicyclic amines) is 2. The molecule has 5 fully saturated rings. The van der Waals surface area contributed by atoms with Crippen LogP contribution in [0.15, 0.2) is 71.8 Å². The van der Waals surface area contributed by atoms with Crippen LogP contribution in [0.3, 0.4) is 0 Å². The van der Waals surface area contributed by atoms with Crippen molar-refractivity contribution in [1.82, 2.24) is 30.8 Å². The molecule has 5 amide bonds. The molecule has 5 heterocycles. The number of nitrogens with two attached hydrogens (primary N) is 1. The van der Waals surface area contributed by atoms with Crippen LogP contribution in [0.25, 0.3) is 0 Å². The van der Waals surface area contributed by atoms with E-state index in [2.05, 4.69) is 56.2 Å². The number of carbonyl (C=O) groups excluding carboxylic acids is 4. The van der Waals surface area contributed by atoms with Gasteiger partial charge in [0.25, 0.3) is 0 Å². The molecular formula is C55H66F2N8O6. The van der Waals surface area contributed by atoms with E-state index in [0.717, 1.165) is 94.4 Å². The first-order valence-electron chi connectivity index (χ1n) is 25.5. The number of hydrazine groups is 1. The number of hydrogen-bond acceptors (Lipinski definition) is 10. The Hall–Kier alpha value is -6.02. The number of carbonyl (C=O) groups is 4. The number of imide groups is 1. The zero-order valence-electron chi connectivity index (χ0n) is 41.4. The van der Waals surface area contributed by atoms with Gasteiger partial charge in [-0.25, -0.2) is 19.0 Å². The molecule has 376 valence electrons. The molecule has 16 heteroatoms. The smallest absolute Gasteiger partial charge is 0.325 e. The third-order valence-corrected chi connectivity index (χ3v) is 17.4. The van der Waals surface area contributed by atoms with Crippen molar-refractivity contribution < 1.29 is 37.4 Å². The lowest BCUT2D eigenvalue weighted by Crippen LogP contribution is -2.53. The lowest BCUT2D eigenvalue weighted by molar-refractivity contribution is -0.138. The van der Waals surface area contributed by atoms with Gasteiger partial charge in [-0.05, 0) is 119 Å². The van der Waals surface area contributed by atoms with E-state index >= 15 is 8.78 Å². The highest BCUT2D eigenvalue weighted by molar-refractivity contribution is 5.97. The molecule has 10 rings (SSSR count). The van der Waals surface area contributed by atoms with Gasteiger partial charge in [-0.2, -0.15) is 0 Å². The zero-order valence-corrected chi connectivity index (χ0v) is 41.4. The van der Waals surface area contributed by atoms with Gasteiger partial charge in [-0.1, -0.05) is 44.2 Å². The summed E-state index contributed by atoms with van der Waals surface area (Å²) in [4.78, 5) is 58.0. The molecule has 2 aliphatic carbocycles. The van der Waals surface area contributed by atoms with Crippen LogP contribution in [0.5, 0.6) is 5.75 Å². The maximum absolute atomic E-state index is 16.6. The summed E-state index contributed by atoms with van der Waals surface area (Å²) in [5.74, 6) is -2.48. The van der Waals surface area contributed by atoms with Gasteiger partial charge in [0.15, 0.2) is 17.2 Å². The number of benzene rings is 2. The highest BCUT2D eigenvalue weighted by Crippen LogP contribution is 2.61. The third-order valence-electron chi connectivity index (χ3n) is 17.4. The number of halogens is 2. The molecular weight excluding hydrogens is 907 g/mol. The quantitative estimate of drug-likeness (QED) is 0.149. The third kappa shape index (κ3) is 8.51. The summed E-state index contributed by atoms with van der Waals surface area (Å²) < 4.78 is 45.1. The van der Waals surface area contributed by atoms with E-state index in [9.17, 15) is 19.2 Å². The van der Waals surface area contributed by atoms with Gasteiger partial charge in [0.1, 0.15) is 17.8 Å². The predicted octanol–water partition coefficient (Wildman–Crippen LogP) is 7.02. The Labute approximate surface area is 415 Å². The minimum atomic E-state index is -1.38. The average molecular weight is 973 g/mol. The highest BCUT2D eigenvalue weighted by atomic mass is 19.1. The van der Waals surface area contributed by atoms with Crippen LogP contribution in [0, 0.1) is 35.7 Å². The number of urea groups is 1. The minimum Gasteiger partial charge on any atom is -0.494 e. The topological polar surface area (TPSA) is 162 Å². The lowest BCUT2D eigenvalue weighted by Gasteiger charge is -2.43. The van der Waals surface area contributed by atoms with E-state index in [-0.39, 0.29) is 76.8 Å². The SMILES string of the molecule is COc1ccc(C(N)=O)c(C2(C)C(C)=C(F)C=C3O[C@](CNC4CCC(C(=O)N5CCC[C@H]5CN5CCC(c6ccc7c(c6)N(C)NC7N6CCC(=O)NC6=O)CC5)CC4)(c4c#cccc4)[C@@H](C)C32)c1F. The van der Waals surface area contributed by atoms with Gasteiger partial charge in [0.05, 0.1) is 12.8 Å². The van der Waals surface area contributed by atoms with Crippen molar-refractivity contribution in [3.63, 3.8) is 0 Å². The molecule has 1 saturated carbocycles. The first-order chi connectivity index (χ1) is 34.1. The fraction of sp³-hybridized carbons (Fsp3) is 0.527. The van der Waals surface area contributed by atoms with Gasteiger partial charge >= 0.3 is 6.03 Å². The Bertz CT molecular complexity index is 2650. The van der Waals surface area contributed by atoms with Crippen LogP contribution in [0.1, 0.15) is 123 Å². The number of rotatable bonds is 12. The Morgan fingerprint density at radius 1 is 1.01 bits per heavy atom. The molecule has 14 nitrogen and oxygen atoms in total. The number of amides is 5. The fourth-order valence-corrected chi connectivity index (χ4v) is 13.3. The Balaban J connectivity index is 0.765. The molecule has 3 aromatic carbocycles. The summed E-state index contributed by atoms with van der Waals surface area (Å²) in [5, 5.41) is 8.22. The number of primary amides is 1. The van der Waals surface area contributed by atoms with E-state index in [1.807, 2.05) is 31.1 Å². The Kier molecular flexibility index (Phi) is 13.1. The molecule has 0 aromatic heterocycles. The van der Waals surface area contributed by atoms with E-state index in [4.69, 9.17) is 15.2 Å². The first-order valence-corrected chi connectivity index (χ1v) is 25.5. The number of nitrogens with one attached hydrogen (secondary N) is 3. The molecule has 0 bridgehead atoms. The second-order valence-corrected chi connectivity index (χ2v) is 21.1. The van der Waals surface area contributed by atoms with Crippen LogP contribution in [0.4, 0.5) is 19.3 Å². The van der Waals surface area contributed by atoms with Crippen LogP contribution in [-0.4, -0.2) is 104 Å². The van der Waals surface area contributed by atoms with Gasteiger partial charge in [0, 0.05) is 103 Å². The molecule has 7 aliphatic rings. The number of methoxy groups -OCH3 is 1. The van der Waals surface area contributed by atoms with Gasteiger partial charge in [0.2, 0.25) is 17.7 Å². The van der Waals surface area contributed by atoms with Crippen molar-refractivity contribution in [2.45, 2.75) is 114 Å². The van der Waals surface area contributed by atoms with E-state index in [1.165, 1.54) is 30.9 Å². The summed E-state index contributed by atoms with van der Waals surface area (Å²) in [6.45, 7) is 9.73. The number of ether oxygens (including phenoxy) is 2. The van der Waals surface area contributed by atoms with Crippen molar-refractivity contribution in [2.24, 2.45) is 23.5 Å². The zero-order chi connectivity index (χ0) is 49.9. The van der Waals surface area contributed by atoms with E-state index in [1.54, 1.807) is 24.8 Å². The second kappa shape index (κ2) is 19.2. The number of allylic oxidation sites excluding steroid dienone is 4. The number of anilines is 1. The normalized spacial score (nSPS) is 30.1. The molecule has 71 heavy (non-hydrogen) atoms. The van der Waals surface area contributed by atoms with Crippen molar-refractivity contribution in [3.05, 3.63) is 118 Å². The van der Waals surface area contributed by atoms with Crippen molar-refractivity contribution in [3.8, 4) is 5.75 Å². The summed E-state index contributed by atoms with van der Waals surface area (Å²) in [7, 11) is 3.31. The number of piperidine rings is 1. The Morgan fingerprint density at radius 2 is 1.79 bits per heavy atom. The number of fused-ring (bicyclic) bond motifs is 2. The van der Waals surface area contributed by atoms with Crippen LogP contribution < -0.4 is 31.5 Å². The summed E-state index contributed by atoms with van der Waals surface area (Å²) in [5.41, 5.74) is 11.1. The van der Waals surface area contributed by atoms with Crippen LogP contribution in [-0.2, 0) is 25.3 Å². The number of hydrogen-bond donors (Lipinski definition) is 4. The minimum absolute atomic E-state index is 0.0237. The largest absolute Gasteiger partial charge is 0.494 e. The van der Waals surface area contributed by atoms with Crippen LogP contribution >= 0.6 is 0 Å². The molecule has 0 spiro atoms. The van der Waals surface area contributed by atoms with E-state index < -0.39 is 34.5 Å². The fourth-order valence-electron chi connectivity index (χ4n) is 13.3. The van der Waals surface area contributed by atoms with Crippen molar-refractivity contribution in [2.75, 3.05) is 58.4 Å². The summed E-state index contributed by atoms with van der Waals surface area (Å²) in [6.07, 6.45) is 8.57. The molecule has 5 N–H and O–H groups in total. The highest BCUT2D eigenvalue weighted by Gasteiger charge is 2.61. The predicted molar refractivity (Wildman–Crippen MR) is 263 cm³/mol. The molecule has 5 aliphatic heterocycles. The molecule has 0 radical (unpaired) electrons.